The van der Waals surface area contributed by atoms with Crippen molar-refractivity contribution in [3.8, 4) is 0 Å². The van der Waals surface area contributed by atoms with E-state index in [1.807, 2.05) is 11.0 Å². The van der Waals surface area contributed by atoms with Crippen LogP contribution in [0.5, 0.6) is 0 Å². The standard InChI is InChI=1S/C18H19N3O/c1-2-3-10-21-11-8-14-13-7-6-12-5-4-9-19-15(12)16(13)20-17(14)18(21)22/h4-7,9,20H,2-3,8,10-11H2,1H3. The van der Waals surface area contributed by atoms with Gasteiger partial charge in [0.05, 0.1) is 11.0 Å². The molecular weight excluding hydrogens is 274 g/mol. The molecule has 3 aromatic rings. The minimum absolute atomic E-state index is 0.134. The van der Waals surface area contributed by atoms with E-state index in [1.54, 1.807) is 6.20 Å². The molecule has 0 saturated carbocycles. The molecule has 1 aliphatic heterocycles. The van der Waals surface area contributed by atoms with Gasteiger partial charge in [0.15, 0.2) is 0 Å². The summed E-state index contributed by atoms with van der Waals surface area (Å²) in [4.78, 5) is 22.5. The fourth-order valence-corrected chi connectivity index (χ4v) is 3.37. The molecule has 0 bridgehead atoms. The van der Waals surface area contributed by atoms with Crippen LogP contribution in [0.4, 0.5) is 0 Å². The summed E-state index contributed by atoms with van der Waals surface area (Å²) in [6.07, 6.45) is 4.89. The molecule has 2 aromatic heterocycles. The average molecular weight is 293 g/mol. The largest absolute Gasteiger partial charge is 0.349 e. The van der Waals surface area contributed by atoms with E-state index in [9.17, 15) is 4.79 Å². The van der Waals surface area contributed by atoms with Crippen LogP contribution in [0.2, 0.25) is 0 Å². The van der Waals surface area contributed by atoms with Crippen LogP contribution in [-0.4, -0.2) is 33.9 Å². The molecule has 22 heavy (non-hydrogen) atoms. The van der Waals surface area contributed by atoms with Crippen molar-refractivity contribution in [3.63, 3.8) is 0 Å². The molecule has 3 heterocycles. The van der Waals surface area contributed by atoms with Crippen LogP contribution < -0.4 is 0 Å². The Hall–Kier alpha value is -2.36. The van der Waals surface area contributed by atoms with E-state index in [-0.39, 0.29) is 5.91 Å². The number of nitrogens with zero attached hydrogens (tertiary/aromatic N) is 2. The molecule has 0 spiro atoms. The molecule has 1 aliphatic rings. The predicted molar refractivity (Wildman–Crippen MR) is 88.1 cm³/mol. The van der Waals surface area contributed by atoms with Crippen molar-refractivity contribution < 1.29 is 4.79 Å². The van der Waals surface area contributed by atoms with Gasteiger partial charge in [0.25, 0.3) is 5.91 Å². The van der Waals surface area contributed by atoms with E-state index in [0.717, 1.165) is 65.4 Å². The van der Waals surface area contributed by atoms with Gasteiger partial charge in [0.2, 0.25) is 0 Å². The summed E-state index contributed by atoms with van der Waals surface area (Å²) in [5.41, 5.74) is 3.85. The van der Waals surface area contributed by atoms with Crippen molar-refractivity contribution in [2.75, 3.05) is 13.1 Å². The Morgan fingerprint density at radius 2 is 2.23 bits per heavy atom. The highest BCUT2D eigenvalue weighted by molar-refractivity contribution is 6.09. The van der Waals surface area contributed by atoms with Gasteiger partial charge in [-0.1, -0.05) is 31.5 Å². The number of amides is 1. The Kier molecular flexibility index (Phi) is 3.10. The lowest BCUT2D eigenvalue weighted by molar-refractivity contribution is 0.0733. The van der Waals surface area contributed by atoms with E-state index in [2.05, 4.69) is 35.1 Å². The van der Waals surface area contributed by atoms with Gasteiger partial charge in [0, 0.05) is 30.1 Å². The van der Waals surface area contributed by atoms with Crippen LogP contribution in [0.1, 0.15) is 35.8 Å². The number of H-pyrrole nitrogens is 1. The van der Waals surface area contributed by atoms with E-state index >= 15 is 0 Å². The lowest BCUT2D eigenvalue weighted by Crippen LogP contribution is -2.38. The molecule has 0 atom stereocenters. The highest BCUT2D eigenvalue weighted by Gasteiger charge is 2.27. The summed E-state index contributed by atoms with van der Waals surface area (Å²) in [5, 5.41) is 2.24. The first-order chi connectivity index (χ1) is 10.8. The number of rotatable bonds is 3. The van der Waals surface area contributed by atoms with Crippen LogP contribution in [0, 0.1) is 0 Å². The maximum atomic E-state index is 12.7. The van der Waals surface area contributed by atoms with E-state index in [0.29, 0.717) is 0 Å². The van der Waals surface area contributed by atoms with Gasteiger partial charge >= 0.3 is 0 Å². The average Bonchev–Trinajstić information content (AvgIpc) is 2.94. The second-order valence-electron chi connectivity index (χ2n) is 5.94. The summed E-state index contributed by atoms with van der Waals surface area (Å²) >= 11 is 0. The number of fused-ring (bicyclic) bond motifs is 5. The van der Waals surface area contributed by atoms with Crippen molar-refractivity contribution in [2.24, 2.45) is 0 Å². The zero-order valence-corrected chi connectivity index (χ0v) is 12.7. The first kappa shape index (κ1) is 13.3. The molecule has 1 N–H and O–H groups in total. The number of carbonyl (C=O) groups excluding carboxylic acids is 1. The molecule has 112 valence electrons. The molecule has 0 saturated heterocycles. The van der Waals surface area contributed by atoms with Crippen LogP contribution in [0.25, 0.3) is 21.8 Å². The first-order valence-corrected chi connectivity index (χ1v) is 7.97. The number of pyridine rings is 1. The molecule has 0 unspecified atom stereocenters. The number of hydrogen-bond acceptors (Lipinski definition) is 2. The number of aromatic amines is 1. The second kappa shape index (κ2) is 5.13. The zero-order chi connectivity index (χ0) is 15.1. The van der Waals surface area contributed by atoms with E-state index < -0.39 is 0 Å². The van der Waals surface area contributed by atoms with Crippen molar-refractivity contribution in [3.05, 3.63) is 41.7 Å². The molecule has 4 heteroatoms. The number of unbranched alkanes of at least 4 members (excludes halogenated alkanes) is 1. The smallest absolute Gasteiger partial charge is 0.270 e. The maximum absolute atomic E-state index is 12.7. The minimum atomic E-state index is 0.134. The fraction of sp³-hybridized carbons (Fsp3) is 0.333. The van der Waals surface area contributed by atoms with Gasteiger partial charge in [0.1, 0.15) is 5.69 Å². The molecule has 1 aromatic carbocycles. The molecular formula is C18H19N3O. The number of aromatic nitrogens is 2. The molecule has 4 nitrogen and oxygen atoms in total. The molecule has 0 fully saturated rings. The van der Waals surface area contributed by atoms with Gasteiger partial charge in [-0.3, -0.25) is 9.78 Å². The number of nitrogens with one attached hydrogen (secondary N) is 1. The Balaban J connectivity index is 1.86. The normalized spacial score (nSPS) is 14.8. The van der Waals surface area contributed by atoms with Gasteiger partial charge in [-0.2, -0.15) is 0 Å². The molecule has 1 amide bonds. The SMILES string of the molecule is CCCCN1CCc2c([nH]c3c2ccc2cccnc23)C1=O. The summed E-state index contributed by atoms with van der Waals surface area (Å²) < 4.78 is 0. The van der Waals surface area contributed by atoms with Crippen LogP contribution >= 0.6 is 0 Å². The Bertz CT molecular complexity index is 865. The second-order valence-corrected chi connectivity index (χ2v) is 5.94. The van der Waals surface area contributed by atoms with Gasteiger partial charge in [-0.25, -0.2) is 0 Å². The zero-order valence-electron chi connectivity index (χ0n) is 12.7. The molecule has 0 aliphatic carbocycles. The van der Waals surface area contributed by atoms with E-state index in [1.165, 1.54) is 0 Å². The fourth-order valence-electron chi connectivity index (χ4n) is 3.37. The molecule has 0 radical (unpaired) electrons. The molecule has 4 rings (SSSR count). The Morgan fingerprint density at radius 3 is 3.09 bits per heavy atom. The topological polar surface area (TPSA) is 49.0 Å². The monoisotopic (exact) mass is 293 g/mol. The van der Waals surface area contributed by atoms with Crippen molar-refractivity contribution in [1.82, 2.24) is 14.9 Å². The highest BCUT2D eigenvalue weighted by atomic mass is 16.2. The van der Waals surface area contributed by atoms with E-state index in [4.69, 9.17) is 0 Å². The summed E-state index contributed by atoms with van der Waals surface area (Å²) in [6, 6.07) is 8.20. The van der Waals surface area contributed by atoms with Crippen molar-refractivity contribution in [1.29, 1.82) is 0 Å². The third-order valence-corrected chi connectivity index (χ3v) is 4.57. The minimum Gasteiger partial charge on any atom is -0.349 e. The number of carbonyl (C=O) groups is 1. The van der Waals surface area contributed by atoms with Crippen LogP contribution in [0.3, 0.4) is 0 Å². The maximum Gasteiger partial charge on any atom is 0.270 e. The third kappa shape index (κ3) is 1.90. The summed E-state index contributed by atoms with van der Waals surface area (Å²) in [7, 11) is 0. The summed E-state index contributed by atoms with van der Waals surface area (Å²) in [5.74, 6) is 0.134. The number of hydrogen-bond donors (Lipinski definition) is 1. The van der Waals surface area contributed by atoms with Crippen molar-refractivity contribution in [2.45, 2.75) is 26.2 Å². The van der Waals surface area contributed by atoms with Crippen LogP contribution in [-0.2, 0) is 6.42 Å². The summed E-state index contributed by atoms with van der Waals surface area (Å²) in [6.45, 7) is 3.82. The van der Waals surface area contributed by atoms with Gasteiger partial charge in [-0.05, 0) is 24.5 Å². The highest BCUT2D eigenvalue weighted by Crippen LogP contribution is 2.31. The van der Waals surface area contributed by atoms with Crippen molar-refractivity contribution >= 4 is 27.7 Å². The van der Waals surface area contributed by atoms with Gasteiger partial charge < -0.3 is 9.88 Å². The van der Waals surface area contributed by atoms with Crippen LogP contribution in [0.15, 0.2) is 30.5 Å². The first-order valence-electron chi connectivity index (χ1n) is 7.97. The predicted octanol–water partition coefficient (Wildman–Crippen LogP) is 3.51. The lowest BCUT2D eigenvalue weighted by atomic mass is 10.0. The van der Waals surface area contributed by atoms with Gasteiger partial charge in [-0.15, -0.1) is 0 Å². The quantitative estimate of drug-likeness (QED) is 0.803. The third-order valence-electron chi connectivity index (χ3n) is 4.57. The Labute approximate surface area is 129 Å². The Morgan fingerprint density at radius 1 is 1.32 bits per heavy atom. The number of benzene rings is 1. The lowest BCUT2D eigenvalue weighted by Gasteiger charge is -2.26.